The van der Waals surface area contributed by atoms with E-state index in [-0.39, 0.29) is 17.2 Å². The van der Waals surface area contributed by atoms with Crippen molar-refractivity contribution in [2.24, 2.45) is 0 Å². The molecule has 4 heteroatoms. The average Bonchev–Trinajstić information content (AvgIpc) is 2.68. The van der Waals surface area contributed by atoms with Crippen molar-refractivity contribution in [3.63, 3.8) is 0 Å². The predicted molar refractivity (Wildman–Crippen MR) is 112 cm³/mol. The lowest BCUT2D eigenvalue weighted by Gasteiger charge is -2.46. The Morgan fingerprint density at radius 2 is 1.26 bits per heavy atom. The van der Waals surface area contributed by atoms with Crippen LogP contribution in [0.5, 0.6) is 0 Å². The van der Waals surface area contributed by atoms with E-state index in [1.165, 1.54) is 10.4 Å². The summed E-state index contributed by atoms with van der Waals surface area (Å²) in [6.45, 7) is 7.50. The molecule has 0 heterocycles. The van der Waals surface area contributed by atoms with Crippen LogP contribution in [0.4, 0.5) is 0 Å². The topological polar surface area (TPSA) is 35.5 Å². The molecule has 0 spiro atoms. The van der Waals surface area contributed by atoms with E-state index in [2.05, 4.69) is 81.4 Å². The lowest BCUT2D eigenvalue weighted by atomic mass is 9.95. The van der Waals surface area contributed by atoms with Gasteiger partial charge in [-0.15, -0.1) is 0 Å². The van der Waals surface area contributed by atoms with Crippen LogP contribution < -0.4 is 10.4 Å². The van der Waals surface area contributed by atoms with Gasteiger partial charge in [0.05, 0.1) is 0 Å². The first-order chi connectivity index (χ1) is 13.0. The van der Waals surface area contributed by atoms with Crippen LogP contribution in [0.15, 0.2) is 60.7 Å². The summed E-state index contributed by atoms with van der Waals surface area (Å²) in [5.74, 6) is 0. The van der Waals surface area contributed by atoms with Gasteiger partial charge >= 0.3 is 0 Å². The van der Waals surface area contributed by atoms with Gasteiger partial charge in [0.25, 0.3) is 14.8 Å². The normalized spacial score (nSPS) is 20.9. The molecule has 0 bridgehead atoms. The average molecular weight is 383 g/mol. The van der Waals surface area contributed by atoms with Crippen LogP contribution >= 0.6 is 0 Å². The second-order valence-corrected chi connectivity index (χ2v) is 12.7. The molecule has 0 aliphatic heterocycles. The maximum absolute atomic E-state index is 10.6. The summed E-state index contributed by atoms with van der Waals surface area (Å²) < 4.78 is 12.3. The summed E-state index contributed by atoms with van der Waals surface area (Å²) in [7, 11) is -2.49. The Morgan fingerprint density at radius 1 is 0.815 bits per heavy atom. The molecule has 1 saturated carbocycles. The molecular weight excluding hydrogens is 352 g/mol. The van der Waals surface area contributed by atoms with Gasteiger partial charge in [0.15, 0.2) is 0 Å². The zero-order valence-corrected chi connectivity index (χ0v) is 17.6. The lowest BCUT2D eigenvalue weighted by molar-refractivity contribution is -0.135. The largest absolute Gasteiger partial charge is 0.465 e. The molecule has 0 saturated heterocycles. The molecule has 2 aromatic carbocycles. The van der Waals surface area contributed by atoms with Gasteiger partial charge in [-0.25, -0.2) is 0 Å². The highest BCUT2D eigenvalue weighted by molar-refractivity contribution is 6.99. The molecule has 3 nitrogen and oxygen atoms in total. The van der Waals surface area contributed by atoms with Crippen LogP contribution in [0.25, 0.3) is 0 Å². The van der Waals surface area contributed by atoms with E-state index in [1.807, 2.05) is 0 Å². The van der Waals surface area contributed by atoms with Gasteiger partial charge in [0.1, 0.15) is 6.10 Å². The van der Waals surface area contributed by atoms with Crippen molar-refractivity contribution in [1.29, 1.82) is 0 Å². The van der Waals surface area contributed by atoms with Crippen LogP contribution in [-0.2, 0) is 14.0 Å². The second-order valence-electron chi connectivity index (χ2n) is 8.41. The highest BCUT2D eigenvalue weighted by Crippen LogP contribution is 2.39. The predicted octanol–water partition coefficient (Wildman–Crippen LogP) is 4.05. The summed E-state index contributed by atoms with van der Waals surface area (Å²) in [4.78, 5) is 10.6. The quantitative estimate of drug-likeness (QED) is 0.559. The highest BCUT2D eigenvalue weighted by Gasteiger charge is 2.51. The number of ether oxygens (including phenoxy) is 1. The van der Waals surface area contributed by atoms with Gasteiger partial charge in [-0.1, -0.05) is 81.4 Å². The van der Waals surface area contributed by atoms with E-state index < -0.39 is 8.32 Å². The molecule has 0 unspecified atom stereocenters. The smallest absolute Gasteiger partial charge is 0.293 e. The van der Waals surface area contributed by atoms with E-state index >= 15 is 0 Å². The van der Waals surface area contributed by atoms with Crippen LogP contribution in [0, 0.1) is 0 Å². The number of hydrogen-bond donors (Lipinski definition) is 0. The van der Waals surface area contributed by atoms with Gasteiger partial charge in [-0.3, -0.25) is 4.79 Å². The Bertz CT molecular complexity index is 677. The number of hydrogen-bond acceptors (Lipinski definition) is 3. The van der Waals surface area contributed by atoms with Crippen LogP contribution in [0.2, 0.25) is 5.04 Å². The monoisotopic (exact) mass is 382 g/mol. The van der Waals surface area contributed by atoms with Crippen molar-refractivity contribution in [1.82, 2.24) is 0 Å². The Labute approximate surface area is 163 Å². The minimum atomic E-state index is -2.49. The lowest BCUT2D eigenvalue weighted by Crippen LogP contribution is -2.67. The molecule has 1 aliphatic rings. The number of carbonyl (C=O) groups is 1. The van der Waals surface area contributed by atoms with Crippen molar-refractivity contribution in [2.45, 2.75) is 63.7 Å². The minimum Gasteiger partial charge on any atom is -0.465 e. The maximum Gasteiger partial charge on any atom is 0.293 e. The van der Waals surface area contributed by atoms with E-state index in [1.54, 1.807) is 0 Å². The van der Waals surface area contributed by atoms with Crippen molar-refractivity contribution in [3.05, 3.63) is 60.7 Å². The van der Waals surface area contributed by atoms with E-state index in [0.717, 1.165) is 25.7 Å². The minimum absolute atomic E-state index is 0.00808. The fraction of sp³-hybridized carbons (Fsp3) is 0.435. The van der Waals surface area contributed by atoms with Crippen molar-refractivity contribution < 1.29 is 14.0 Å². The van der Waals surface area contributed by atoms with Gasteiger partial charge in [-0.05, 0) is 41.1 Å². The molecular formula is C23H30O3Si. The second kappa shape index (κ2) is 8.40. The van der Waals surface area contributed by atoms with Gasteiger partial charge in [0, 0.05) is 6.10 Å². The summed E-state index contributed by atoms with van der Waals surface area (Å²) >= 11 is 0. The number of carbonyl (C=O) groups excluding carboxylic acids is 1. The highest BCUT2D eigenvalue weighted by atomic mass is 28.4. The van der Waals surface area contributed by atoms with Crippen molar-refractivity contribution >= 4 is 25.2 Å². The third-order valence-corrected chi connectivity index (χ3v) is 10.7. The Balaban J connectivity index is 1.99. The zero-order valence-electron chi connectivity index (χ0n) is 16.6. The Hall–Kier alpha value is -1.91. The van der Waals surface area contributed by atoms with Gasteiger partial charge < -0.3 is 9.16 Å². The molecule has 0 atom stereocenters. The summed E-state index contributed by atoms with van der Waals surface area (Å²) in [6, 6.07) is 21.5. The van der Waals surface area contributed by atoms with Crippen LogP contribution in [0.1, 0.15) is 46.5 Å². The summed E-state index contributed by atoms with van der Waals surface area (Å²) in [5.41, 5.74) is 0. The van der Waals surface area contributed by atoms with Gasteiger partial charge in [0.2, 0.25) is 0 Å². The molecule has 1 fully saturated rings. The number of rotatable bonds is 6. The Kier molecular flexibility index (Phi) is 6.17. The van der Waals surface area contributed by atoms with E-state index in [9.17, 15) is 4.79 Å². The fourth-order valence-corrected chi connectivity index (χ4v) is 9.06. The standard InChI is InChI=1S/C23H30O3Si/c1-23(2,3)27(21-10-6-4-7-11-21,22-12-8-5-9-13-22)26-20-16-14-19(15-17-20)25-18-24/h4-13,18-20H,14-17H2,1-3H3. The molecule has 0 amide bonds. The van der Waals surface area contributed by atoms with E-state index in [0.29, 0.717) is 6.47 Å². The molecule has 0 N–H and O–H groups in total. The Morgan fingerprint density at radius 3 is 1.67 bits per heavy atom. The van der Waals surface area contributed by atoms with Crippen LogP contribution in [0.3, 0.4) is 0 Å². The van der Waals surface area contributed by atoms with Crippen LogP contribution in [-0.4, -0.2) is 27.0 Å². The number of benzene rings is 2. The summed E-state index contributed by atoms with van der Waals surface area (Å²) in [6.07, 6.45) is 3.86. The first-order valence-corrected chi connectivity index (χ1v) is 11.8. The molecule has 0 aromatic heterocycles. The third kappa shape index (κ3) is 4.17. The molecule has 2 aromatic rings. The van der Waals surface area contributed by atoms with Crippen molar-refractivity contribution in [3.8, 4) is 0 Å². The molecule has 3 rings (SSSR count). The first-order valence-electron chi connectivity index (χ1n) is 9.85. The van der Waals surface area contributed by atoms with Gasteiger partial charge in [-0.2, -0.15) is 0 Å². The molecule has 27 heavy (non-hydrogen) atoms. The SMILES string of the molecule is CC(C)(C)[Si](OC1CCC(OC=O)CC1)(c1ccccc1)c1ccccc1. The fourth-order valence-electron chi connectivity index (χ4n) is 4.31. The zero-order chi connectivity index (χ0) is 19.3. The summed E-state index contributed by atoms with van der Waals surface area (Å²) in [5, 5.41) is 2.62. The first kappa shape index (κ1) is 19.8. The molecule has 1 aliphatic carbocycles. The van der Waals surface area contributed by atoms with Crippen molar-refractivity contribution in [2.75, 3.05) is 0 Å². The molecule has 0 radical (unpaired) electrons. The molecule has 144 valence electrons. The third-order valence-electron chi connectivity index (χ3n) is 5.63. The van der Waals surface area contributed by atoms with E-state index in [4.69, 9.17) is 9.16 Å². The maximum atomic E-state index is 10.6.